The van der Waals surface area contributed by atoms with Crippen molar-refractivity contribution in [2.75, 3.05) is 0 Å². The molecule has 0 aliphatic heterocycles. The van der Waals surface area contributed by atoms with E-state index in [1.807, 2.05) is 51.2 Å². The van der Waals surface area contributed by atoms with Gasteiger partial charge in [0.15, 0.2) is 5.78 Å². The van der Waals surface area contributed by atoms with Crippen LogP contribution in [0.25, 0.3) is 22.0 Å². The van der Waals surface area contributed by atoms with Gasteiger partial charge in [-0.1, -0.05) is 63.2 Å². The molecule has 3 heteroatoms. The second-order valence-corrected chi connectivity index (χ2v) is 8.18. The highest BCUT2D eigenvalue weighted by Crippen LogP contribution is 2.27. The number of aromatic nitrogens is 1. The van der Waals surface area contributed by atoms with Crippen molar-refractivity contribution < 1.29 is 9.90 Å². The van der Waals surface area contributed by atoms with E-state index < -0.39 is 5.41 Å². The standard InChI is InChI=1S/C25H27NO2/c1-25(2,3)23(28)17-21(27)12-7-9-18-8-6-11-20(16-18)24-22-13-5-4-10-19(22)14-15-26-24/h4-6,8,10-11,13-17,28H,7,9,12H2,1-3H3. The van der Waals surface area contributed by atoms with Crippen molar-refractivity contribution in [1.29, 1.82) is 0 Å². The lowest BCUT2D eigenvalue weighted by Crippen LogP contribution is -2.10. The molecule has 0 bridgehead atoms. The van der Waals surface area contributed by atoms with Gasteiger partial charge in [-0.05, 0) is 35.9 Å². The maximum absolute atomic E-state index is 12.1. The Morgan fingerprint density at radius 2 is 1.86 bits per heavy atom. The summed E-state index contributed by atoms with van der Waals surface area (Å²) in [5, 5.41) is 12.3. The fourth-order valence-corrected chi connectivity index (χ4v) is 3.13. The maximum Gasteiger partial charge on any atom is 0.159 e. The molecule has 0 radical (unpaired) electrons. The van der Waals surface area contributed by atoms with Gasteiger partial charge in [-0.15, -0.1) is 0 Å². The van der Waals surface area contributed by atoms with Crippen LogP contribution in [-0.4, -0.2) is 15.9 Å². The first-order valence-corrected chi connectivity index (χ1v) is 9.71. The molecule has 3 nitrogen and oxygen atoms in total. The van der Waals surface area contributed by atoms with Crippen molar-refractivity contribution in [3.63, 3.8) is 0 Å². The van der Waals surface area contributed by atoms with Crippen LogP contribution in [0.5, 0.6) is 0 Å². The minimum Gasteiger partial charge on any atom is -0.512 e. The number of rotatable bonds is 6. The average molecular weight is 373 g/mol. The van der Waals surface area contributed by atoms with Gasteiger partial charge in [0.2, 0.25) is 0 Å². The number of hydrogen-bond donors (Lipinski definition) is 1. The van der Waals surface area contributed by atoms with E-state index in [0.717, 1.165) is 29.5 Å². The molecule has 1 heterocycles. The molecule has 28 heavy (non-hydrogen) atoms. The zero-order valence-corrected chi connectivity index (χ0v) is 16.8. The van der Waals surface area contributed by atoms with Gasteiger partial charge in [0.1, 0.15) is 5.76 Å². The monoisotopic (exact) mass is 373 g/mol. The summed E-state index contributed by atoms with van der Waals surface area (Å²) in [6.45, 7) is 5.66. The molecule has 0 amide bonds. The first-order chi connectivity index (χ1) is 13.3. The Kier molecular flexibility index (Phi) is 5.93. The molecule has 0 fully saturated rings. The summed E-state index contributed by atoms with van der Waals surface area (Å²) in [5.41, 5.74) is 2.86. The van der Waals surface area contributed by atoms with Crippen molar-refractivity contribution in [3.8, 4) is 11.3 Å². The molecule has 3 aromatic rings. The van der Waals surface area contributed by atoms with Crippen LogP contribution in [0.15, 0.2) is 72.6 Å². The van der Waals surface area contributed by atoms with Crippen LogP contribution in [0.1, 0.15) is 39.2 Å². The fraction of sp³-hybridized carbons (Fsp3) is 0.280. The average Bonchev–Trinajstić information content (AvgIpc) is 2.67. The molecule has 2 aromatic carbocycles. The quantitative estimate of drug-likeness (QED) is 0.408. The van der Waals surface area contributed by atoms with E-state index in [-0.39, 0.29) is 11.5 Å². The first kappa shape index (κ1) is 19.8. The Morgan fingerprint density at radius 3 is 2.64 bits per heavy atom. The van der Waals surface area contributed by atoms with Crippen molar-refractivity contribution in [3.05, 3.63) is 78.2 Å². The van der Waals surface area contributed by atoms with E-state index in [1.54, 1.807) is 0 Å². The van der Waals surface area contributed by atoms with E-state index in [9.17, 15) is 9.90 Å². The molecule has 144 valence electrons. The van der Waals surface area contributed by atoms with Gasteiger partial charge < -0.3 is 5.11 Å². The Bertz CT molecular complexity index is 1010. The van der Waals surface area contributed by atoms with Gasteiger partial charge >= 0.3 is 0 Å². The third kappa shape index (κ3) is 4.86. The van der Waals surface area contributed by atoms with Crippen LogP contribution >= 0.6 is 0 Å². The number of pyridine rings is 1. The molecule has 3 rings (SSSR count). The highest BCUT2D eigenvalue weighted by atomic mass is 16.3. The molecule has 0 unspecified atom stereocenters. The van der Waals surface area contributed by atoms with Crippen molar-refractivity contribution in [2.24, 2.45) is 5.41 Å². The number of benzene rings is 2. The predicted molar refractivity (Wildman–Crippen MR) is 115 cm³/mol. The van der Waals surface area contributed by atoms with Crippen LogP contribution in [0, 0.1) is 5.41 Å². The minimum absolute atomic E-state index is 0.0284. The molecule has 1 aromatic heterocycles. The second kappa shape index (κ2) is 8.39. The summed E-state index contributed by atoms with van der Waals surface area (Å²) in [6.07, 6.45) is 5.21. The summed E-state index contributed by atoms with van der Waals surface area (Å²) < 4.78 is 0. The summed E-state index contributed by atoms with van der Waals surface area (Å²) in [6, 6.07) is 18.6. The summed E-state index contributed by atoms with van der Waals surface area (Å²) in [4.78, 5) is 16.7. The van der Waals surface area contributed by atoms with E-state index in [4.69, 9.17) is 0 Å². The van der Waals surface area contributed by atoms with Crippen molar-refractivity contribution in [2.45, 2.75) is 40.0 Å². The minimum atomic E-state index is -0.393. The molecule has 0 aliphatic rings. The molecule has 0 saturated heterocycles. The number of carbonyl (C=O) groups is 1. The van der Waals surface area contributed by atoms with Crippen LogP contribution in [0.3, 0.4) is 0 Å². The Morgan fingerprint density at radius 1 is 1.07 bits per heavy atom. The molecular formula is C25H27NO2. The molecule has 1 N–H and O–H groups in total. The third-order valence-electron chi connectivity index (χ3n) is 4.83. The van der Waals surface area contributed by atoms with Crippen molar-refractivity contribution >= 4 is 16.6 Å². The van der Waals surface area contributed by atoms with E-state index in [0.29, 0.717) is 6.42 Å². The first-order valence-electron chi connectivity index (χ1n) is 9.71. The van der Waals surface area contributed by atoms with Crippen LogP contribution in [0.4, 0.5) is 0 Å². The van der Waals surface area contributed by atoms with Gasteiger partial charge in [0, 0.05) is 35.1 Å². The van der Waals surface area contributed by atoms with E-state index in [2.05, 4.69) is 35.3 Å². The SMILES string of the molecule is CC(C)(C)C(O)=CC(=O)CCCc1cccc(-c2nccc3ccccc23)c1. The lowest BCUT2D eigenvalue weighted by molar-refractivity contribution is -0.114. The summed E-state index contributed by atoms with van der Waals surface area (Å²) in [5.74, 6) is 0.112. The molecule has 0 saturated carbocycles. The Labute approximate surface area is 166 Å². The lowest BCUT2D eigenvalue weighted by Gasteiger charge is -2.16. The zero-order valence-electron chi connectivity index (χ0n) is 16.8. The molecular weight excluding hydrogens is 346 g/mol. The number of hydrogen-bond acceptors (Lipinski definition) is 3. The maximum atomic E-state index is 12.1. The highest BCUT2D eigenvalue weighted by molar-refractivity contribution is 5.94. The van der Waals surface area contributed by atoms with Crippen LogP contribution in [0.2, 0.25) is 0 Å². The number of ketones is 1. The van der Waals surface area contributed by atoms with Gasteiger partial charge in [0.05, 0.1) is 5.69 Å². The molecule has 0 spiro atoms. The predicted octanol–water partition coefficient (Wildman–Crippen LogP) is 6.28. The zero-order chi connectivity index (χ0) is 20.1. The van der Waals surface area contributed by atoms with Crippen molar-refractivity contribution in [1.82, 2.24) is 4.98 Å². The Balaban J connectivity index is 1.70. The normalized spacial score (nSPS) is 12.3. The Hall–Kier alpha value is -2.94. The molecule has 0 atom stereocenters. The third-order valence-corrected chi connectivity index (χ3v) is 4.83. The van der Waals surface area contributed by atoms with Gasteiger partial charge in [-0.3, -0.25) is 9.78 Å². The molecule has 0 aliphatic carbocycles. The fourth-order valence-electron chi connectivity index (χ4n) is 3.13. The number of nitrogens with zero attached hydrogens (tertiary/aromatic N) is 1. The van der Waals surface area contributed by atoms with Gasteiger partial charge in [-0.25, -0.2) is 0 Å². The number of carbonyl (C=O) groups excluding carboxylic acids is 1. The highest BCUT2D eigenvalue weighted by Gasteiger charge is 2.17. The van der Waals surface area contributed by atoms with E-state index in [1.165, 1.54) is 17.0 Å². The number of aliphatic hydroxyl groups is 1. The number of aliphatic hydroxyl groups excluding tert-OH is 1. The smallest absolute Gasteiger partial charge is 0.159 e. The summed E-state index contributed by atoms with van der Waals surface area (Å²) >= 11 is 0. The van der Waals surface area contributed by atoms with Gasteiger partial charge in [-0.2, -0.15) is 0 Å². The number of aryl methyl sites for hydroxylation is 1. The number of allylic oxidation sites excluding steroid dienone is 2. The second-order valence-electron chi connectivity index (χ2n) is 8.18. The largest absolute Gasteiger partial charge is 0.512 e. The number of fused-ring (bicyclic) bond motifs is 1. The lowest BCUT2D eigenvalue weighted by atomic mass is 9.92. The van der Waals surface area contributed by atoms with Gasteiger partial charge in [0.25, 0.3) is 0 Å². The van der Waals surface area contributed by atoms with Crippen LogP contribution in [-0.2, 0) is 11.2 Å². The summed E-state index contributed by atoms with van der Waals surface area (Å²) in [7, 11) is 0. The van der Waals surface area contributed by atoms with Crippen LogP contribution < -0.4 is 0 Å². The van der Waals surface area contributed by atoms with E-state index >= 15 is 0 Å². The topological polar surface area (TPSA) is 50.2 Å².